The van der Waals surface area contributed by atoms with Crippen LogP contribution < -0.4 is 10.6 Å². The van der Waals surface area contributed by atoms with Gasteiger partial charge in [0.2, 0.25) is 0 Å². The molecule has 2 aliphatic rings. The second kappa shape index (κ2) is 10.5. The molecule has 2 saturated heterocycles. The number of hydrogen-bond donors (Lipinski definition) is 2. The molecule has 0 amide bonds. The van der Waals surface area contributed by atoms with Crippen LogP contribution in [-0.2, 0) is 4.74 Å². The largest absolute Gasteiger partial charge is 0.379 e. The normalized spacial score (nSPS) is 24.1. The minimum atomic E-state index is 0.0975. The monoisotopic (exact) mass is 367 g/mol. The van der Waals surface area contributed by atoms with Gasteiger partial charge in [0.25, 0.3) is 0 Å². The van der Waals surface area contributed by atoms with Crippen LogP contribution in [0.3, 0.4) is 0 Å². The number of ether oxygens (including phenoxy) is 1. The van der Waals surface area contributed by atoms with E-state index in [0.717, 1.165) is 51.3 Å². The van der Waals surface area contributed by atoms with Crippen molar-refractivity contribution in [3.63, 3.8) is 0 Å². The van der Waals surface area contributed by atoms with Crippen LogP contribution in [0.4, 0.5) is 0 Å². The van der Waals surface area contributed by atoms with Crippen molar-refractivity contribution in [1.29, 1.82) is 0 Å². The van der Waals surface area contributed by atoms with Gasteiger partial charge in [-0.3, -0.25) is 9.89 Å². The lowest BCUT2D eigenvalue weighted by Gasteiger charge is -2.41. The molecule has 2 fully saturated rings. The van der Waals surface area contributed by atoms with Crippen molar-refractivity contribution in [1.82, 2.24) is 20.4 Å². The maximum atomic E-state index is 5.48. The van der Waals surface area contributed by atoms with E-state index < -0.39 is 0 Å². The van der Waals surface area contributed by atoms with Crippen LogP contribution in [0.1, 0.15) is 40.5 Å². The molecule has 0 spiro atoms. The number of hydrogen-bond acceptors (Lipinski definition) is 4. The Bertz CT molecular complexity index is 432. The van der Waals surface area contributed by atoms with E-state index in [1.54, 1.807) is 0 Å². The molecular formula is C20H41N5O. The first-order chi connectivity index (χ1) is 12.4. The number of nitrogens with zero attached hydrogens (tertiary/aromatic N) is 3. The van der Waals surface area contributed by atoms with Crippen LogP contribution in [-0.4, -0.2) is 87.4 Å². The minimum absolute atomic E-state index is 0.0975. The molecule has 2 aliphatic heterocycles. The maximum Gasteiger partial charge on any atom is 0.191 e. The quantitative estimate of drug-likeness (QED) is 0.529. The second-order valence-electron chi connectivity index (χ2n) is 8.88. The predicted molar refractivity (Wildman–Crippen MR) is 110 cm³/mol. The molecule has 26 heavy (non-hydrogen) atoms. The summed E-state index contributed by atoms with van der Waals surface area (Å²) in [5, 5.41) is 7.09. The molecule has 1 atom stereocenters. The SMILES string of the molecule is CN=C(NCC1CCCN(CC(C)C)C1)NCC(C)(C)N1CCOCC1. The topological polar surface area (TPSA) is 52.1 Å². The van der Waals surface area contributed by atoms with Crippen LogP contribution >= 0.6 is 0 Å². The van der Waals surface area contributed by atoms with Crippen molar-refractivity contribution in [3.8, 4) is 0 Å². The molecule has 0 radical (unpaired) electrons. The van der Waals surface area contributed by atoms with Crippen LogP contribution in [0.25, 0.3) is 0 Å². The molecule has 0 aromatic heterocycles. The van der Waals surface area contributed by atoms with E-state index in [1.807, 2.05) is 7.05 Å². The van der Waals surface area contributed by atoms with Gasteiger partial charge in [-0.1, -0.05) is 13.8 Å². The summed E-state index contributed by atoms with van der Waals surface area (Å²) in [4.78, 5) is 9.55. The molecule has 0 aliphatic carbocycles. The number of aliphatic imine (C=N–C) groups is 1. The van der Waals surface area contributed by atoms with Gasteiger partial charge in [-0.05, 0) is 45.1 Å². The summed E-state index contributed by atoms with van der Waals surface area (Å²) in [7, 11) is 1.86. The van der Waals surface area contributed by atoms with Crippen molar-refractivity contribution in [2.45, 2.75) is 46.1 Å². The van der Waals surface area contributed by atoms with E-state index in [0.29, 0.717) is 5.92 Å². The highest BCUT2D eigenvalue weighted by Gasteiger charge is 2.28. The van der Waals surface area contributed by atoms with E-state index in [2.05, 4.69) is 53.1 Å². The fourth-order valence-corrected chi connectivity index (χ4v) is 4.04. The molecule has 1 unspecified atom stereocenters. The third-order valence-electron chi connectivity index (χ3n) is 5.56. The van der Waals surface area contributed by atoms with E-state index in [1.165, 1.54) is 32.5 Å². The molecular weight excluding hydrogens is 326 g/mol. The lowest BCUT2D eigenvalue weighted by atomic mass is 9.97. The lowest BCUT2D eigenvalue weighted by Crippen LogP contribution is -2.56. The molecule has 0 bridgehead atoms. The highest BCUT2D eigenvalue weighted by atomic mass is 16.5. The van der Waals surface area contributed by atoms with Gasteiger partial charge in [-0.25, -0.2) is 0 Å². The van der Waals surface area contributed by atoms with Gasteiger partial charge >= 0.3 is 0 Å². The van der Waals surface area contributed by atoms with Crippen molar-refractivity contribution in [2.24, 2.45) is 16.8 Å². The lowest BCUT2D eigenvalue weighted by molar-refractivity contribution is -0.00834. The van der Waals surface area contributed by atoms with Crippen LogP contribution in [0, 0.1) is 11.8 Å². The highest BCUT2D eigenvalue weighted by Crippen LogP contribution is 2.17. The smallest absolute Gasteiger partial charge is 0.191 e. The van der Waals surface area contributed by atoms with Crippen LogP contribution in [0.15, 0.2) is 4.99 Å². The molecule has 152 valence electrons. The summed E-state index contributed by atoms with van der Waals surface area (Å²) in [6, 6.07) is 0. The predicted octanol–water partition coefficient (Wildman–Crippen LogP) is 1.63. The van der Waals surface area contributed by atoms with Gasteiger partial charge in [0, 0.05) is 51.9 Å². The van der Waals surface area contributed by atoms with Gasteiger partial charge in [-0.2, -0.15) is 0 Å². The second-order valence-corrected chi connectivity index (χ2v) is 8.88. The molecule has 2 heterocycles. The number of guanidine groups is 1. The van der Waals surface area contributed by atoms with Crippen molar-refractivity contribution >= 4 is 5.96 Å². The summed E-state index contributed by atoms with van der Waals surface area (Å²) in [6.07, 6.45) is 2.63. The summed E-state index contributed by atoms with van der Waals surface area (Å²) in [6.45, 7) is 18.5. The van der Waals surface area contributed by atoms with E-state index in [4.69, 9.17) is 4.74 Å². The fraction of sp³-hybridized carbons (Fsp3) is 0.950. The molecule has 6 nitrogen and oxygen atoms in total. The maximum absolute atomic E-state index is 5.48. The standard InChI is InChI=1S/C20H41N5O/c1-17(2)14-24-8-6-7-18(15-24)13-22-19(21-5)23-16-20(3,4)25-9-11-26-12-10-25/h17-18H,6-16H2,1-5H3,(H2,21,22,23). The number of morpholine rings is 1. The molecule has 0 saturated carbocycles. The van der Waals surface area contributed by atoms with Gasteiger partial charge < -0.3 is 20.3 Å². The zero-order valence-corrected chi connectivity index (χ0v) is 17.7. The van der Waals surface area contributed by atoms with Crippen molar-refractivity contribution in [2.75, 3.05) is 66.1 Å². The van der Waals surface area contributed by atoms with Gasteiger partial charge in [-0.15, -0.1) is 0 Å². The summed E-state index contributed by atoms with van der Waals surface area (Å²) in [5.74, 6) is 2.39. The molecule has 2 N–H and O–H groups in total. The van der Waals surface area contributed by atoms with Crippen LogP contribution in [0.5, 0.6) is 0 Å². The first-order valence-electron chi connectivity index (χ1n) is 10.4. The zero-order valence-electron chi connectivity index (χ0n) is 17.7. The zero-order chi connectivity index (χ0) is 19.0. The van der Waals surface area contributed by atoms with Gasteiger partial charge in [0.1, 0.15) is 0 Å². The first-order valence-corrected chi connectivity index (χ1v) is 10.4. The van der Waals surface area contributed by atoms with Crippen molar-refractivity contribution in [3.05, 3.63) is 0 Å². The Labute approximate surface area is 160 Å². The summed E-state index contributed by atoms with van der Waals surface area (Å²) in [5.41, 5.74) is 0.0975. The third kappa shape index (κ3) is 7.05. The number of piperidine rings is 1. The average Bonchev–Trinajstić information content (AvgIpc) is 2.62. The fourth-order valence-electron chi connectivity index (χ4n) is 4.04. The summed E-state index contributed by atoms with van der Waals surface area (Å²) >= 11 is 0. The third-order valence-corrected chi connectivity index (χ3v) is 5.56. The molecule has 0 aromatic rings. The number of likely N-dealkylation sites (tertiary alicyclic amines) is 1. The number of nitrogens with one attached hydrogen (secondary N) is 2. The molecule has 6 heteroatoms. The molecule has 2 rings (SSSR count). The Kier molecular flexibility index (Phi) is 8.64. The van der Waals surface area contributed by atoms with Crippen molar-refractivity contribution < 1.29 is 4.74 Å². The highest BCUT2D eigenvalue weighted by molar-refractivity contribution is 5.79. The van der Waals surface area contributed by atoms with E-state index in [-0.39, 0.29) is 5.54 Å². The van der Waals surface area contributed by atoms with Gasteiger partial charge in [0.15, 0.2) is 5.96 Å². The Morgan fingerprint density at radius 2 is 1.92 bits per heavy atom. The van der Waals surface area contributed by atoms with E-state index in [9.17, 15) is 0 Å². The first kappa shape index (κ1) is 21.5. The average molecular weight is 368 g/mol. The number of rotatable bonds is 7. The Morgan fingerprint density at radius 3 is 2.58 bits per heavy atom. The van der Waals surface area contributed by atoms with Gasteiger partial charge in [0.05, 0.1) is 13.2 Å². The molecule has 0 aromatic carbocycles. The minimum Gasteiger partial charge on any atom is -0.379 e. The Balaban J connectivity index is 1.73. The summed E-state index contributed by atoms with van der Waals surface area (Å²) < 4.78 is 5.48. The van der Waals surface area contributed by atoms with Crippen LogP contribution in [0.2, 0.25) is 0 Å². The van der Waals surface area contributed by atoms with E-state index >= 15 is 0 Å². The Morgan fingerprint density at radius 1 is 1.19 bits per heavy atom. The Hall–Kier alpha value is -0.850.